The normalized spacial score (nSPS) is 19.6. The summed E-state index contributed by atoms with van der Waals surface area (Å²) in [6.07, 6.45) is 2.40. The molecule has 19 heavy (non-hydrogen) atoms. The van der Waals surface area contributed by atoms with E-state index in [9.17, 15) is 0 Å². The number of nitrogens with one attached hydrogen (secondary N) is 1. The van der Waals surface area contributed by atoms with Crippen molar-refractivity contribution in [3.63, 3.8) is 0 Å². The Kier molecular flexibility index (Phi) is 5.67. The molecule has 0 bridgehead atoms. The van der Waals surface area contributed by atoms with E-state index in [1.165, 1.54) is 5.56 Å². The Bertz CT molecular complexity index is 373. The third-order valence-corrected chi connectivity index (χ3v) is 3.25. The zero-order valence-electron chi connectivity index (χ0n) is 12.0. The lowest BCUT2D eigenvalue weighted by Gasteiger charge is -2.24. The molecule has 3 heteroatoms. The summed E-state index contributed by atoms with van der Waals surface area (Å²) in [7, 11) is 0. The Morgan fingerprint density at radius 2 is 2.21 bits per heavy atom. The lowest BCUT2D eigenvalue weighted by Crippen LogP contribution is -2.28. The van der Waals surface area contributed by atoms with Gasteiger partial charge in [-0.25, -0.2) is 0 Å². The maximum Gasteiger partial charge on any atom is 0.124 e. The molecule has 0 aliphatic carbocycles. The lowest BCUT2D eigenvalue weighted by atomic mass is 10.1. The minimum atomic E-state index is 0.208. The van der Waals surface area contributed by atoms with Crippen molar-refractivity contribution >= 4 is 0 Å². The van der Waals surface area contributed by atoms with Gasteiger partial charge >= 0.3 is 0 Å². The third-order valence-electron chi connectivity index (χ3n) is 3.25. The molecule has 106 valence electrons. The third kappa shape index (κ3) is 4.84. The van der Waals surface area contributed by atoms with Crippen LogP contribution in [0.15, 0.2) is 24.3 Å². The van der Waals surface area contributed by atoms with Crippen LogP contribution in [-0.4, -0.2) is 25.9 Å². The fourth-order valence-electron chi connectivity index (χ4n) is 2.24. The van der Waals surface area contributed by atoms with E-state index in [-0.39, 0.29) is 6.10 Å². The quantitative estimate of drug-likeness (QED) is 0.856. The van der Waals surface area contributed by atoms with Crippen LogP contribution in [0, 0.1) is 5.92 Å². The molecule has 1 saturated heterocycles. The first-order chi connectivity index (χ1) is 9.25. The lowest BCUT2D eigenvalue weighted by molar-refractivity contribution is 0.00700. The van der Waals surface area contributed by atoms with E-state index in [1.807, 2.05) is 6.07 Å². The van der Waals surface area contributed by atoms with Gasteiger partial charge in [-0.1, -0.05) is 32.0 Å². The fraction of sp³-hybridized carbons (Fsp3) is 0.625. The summed E-state index contributed by atoms with van der Waals surface area (Å²) in [5.74, 6) is 1.66. The van der Waals surface area contributed by atoms with Crippen LogP contribution in [0.3, 0.4) is 0 Å². The molecule has 2 rings (SSSR count). The summed E-state index contributed by atoms with van der Waals surface area (Å²) in [6, 6.07) is 8.29. The number of hydrogen-bond acceptors (Lipinski definition) is 3. The zero-order valence-corrected chi connectivity index (χ0v) is 12.0. The van der Waals surface area contributed by atoms with Crippen molar-refractivity contribution in [2.45, 2.75) is 39.3 Å². The van der Waals surface area contributed by atoms with Gasteiger partial charge in [0.25, 0.3) is 0 Å². The highest BCUT2D eigenvalue weighted by Crippen LogP contribution is 2.22. The van der Waals surface area contributed by atoms with Crippen LogP contribution < -0.4 is 10.1 Å². The van der Waals surface area contributed by atoms with Crippen molar-refractivity contribution in [3.8, 4) is 5.75 Å². The van der Waals surface area contributed by atoms with E-state index >= 15 is 0 Å². The molecule has 1 heterocycles. The Labute approximate surface area is 116 Å². The summed E-state index contributed by atoms with van der Waals surface area (Å²) in [6.45, 7) is 7.91. The average molecular weight is 263 g/mol. The van der Waals surface area contributed by atoms with Crippen LogP contribution in [0.1, 0.15) is 32.3 Å². The second-order valence-electron chi connectivity index (χ2n) is 5.59. The maximum absolute atomic E-state index is 6.08. The van der Waals surface area contributed by atoms with Gasteiger partial charge in [0.15, 0.2) is 0 Å². The zero-order chi connectivity index (χ0) is 13.5. The van der Waals surface area contributed by atoms with Crippen LogP contribution in [0.25, 0.3) is 0 Å². The van der Waals surface area contributed by atoms with Gasteiger partial charge in [-0.05, 0) is 31.4 Å². The van der Waals surface area contributed by atoms with Gasteiger partial charge in [0.2, 0.25) is 0 Å². The number of hydrogen-bond donors (Lipinski definition) is 1. The van der Waals surface area contributed by atoms with E-state index in [2.05, 4.69) is 37.4 Å². The highest BCUT2D eigenvalue weighted by Gasteiger charge is 2.16. The van der Waals surface area contributed by atoms with Crippen molar-refractivity contribution in [2.24, 2.45) is 5.92 Å². The summed E-state index contributed by atoms with van der Waals surface area (Å²) < 4.78 is 11.5. The molecule has 1 N–H and O–H groups in total. The van der Waals surface area contributed by atoms with E-state index in [1.54, 1.807) is 0 Å². The number of ether oxygens (including phenoxy) is 2. The van der Waals surface area contributed by atoms with E-state index in [0.29, 0.717) is 12.5 Å². The minimum absolute atomic E-state index is 0.208. The van der Waals surface area contributed by atoms with Gasteiger partial charge in [-0.2, -0.15) is 0 Å². The first-order valence-electron chi connectivity index (χ1n) is 7.28. The van der Waals surface area contributed by atoms with Gasteiger partial charge in [-0.3, -0.25) is 0 Å². The number of rotatable bonds is 6. The van der Waals surface area contributed by atoms with Gasteiger partial charge in [0.05, 0.1) is 6.61 Å². The molecule has 3 nitrogen and oxygen atoms in total. The highest BCUT2D eigenvalue weighted by atomic mass is 16.5. The molecule has 1 aromatic rings. The molecule has 0 spiro atoms. The predicted molar refractivity (Wildman–Crippen MR) is 77.5 cm³/mol. The van der Waals surface area contributed by atoms with Crippen LogP contribution in [0.2, 0.25) is 0 Å². The Morgan fingerprint density at radius 1 is 1.37 bits per heavy atom. The second kappa shape index (κ2) is 7.51. The molecule has 1 aliphatic heterocycles. The fourth-order valence-corrected chi connectivity index (χ4v) is 2.24. The van der Waals surface area contributed by atoms with Crippen molar-refractivity contribution in [1.29, 1.82) is 0 Å². The molecule has 0 saturated carbocycles. The molecule has 1 unspecified atom stereocenters. The standard InChI is InChI=1S/C16H25NO2/c1-13(2)10-17-11-14-6-3-4-8-16(14)19-15-7-5-9-18-12-15/h3-4,6,8,13,15,17H,5,7,9-12H2,1-2H3. The molecule has 1 atom stereocenters. The SMILES string of the molecule is CC(C)CNCc1ccccc1OC1CCCOC1. The minimum Gasteiger partial charge on any atom is -0.488 e. The van der Waals surface area contributed by atoms with Crippen LogP contribution >= 0.6 is 0 Å². The Balaban J connectivity index is 1.91. The summed E-state index contributed by atoms with van der Waals surface area (Å²) in [5.41, 5.74) is 1.23. The topological polar surface area (TPSA) is 30.5 Å². The van der Waals surface area contributed by atoms with E-state index in [4.69, 9.17) is 9.47 Å². The maximum atomic E-state index is 6.08. The molecule has 0 aromatic heterocycles. The van der Waals surface area contributed by atoms with Crippen molar-refractivity contribution in [2.75, 3.05) is 19.8 Å². The molecule has 0 amide bonds. The van der Waals surface area contributed by atoms with E-state index in [0.717, 1.165) is 38.3 Å². The average Bonchev–Trinajstić information content (AvgIpc) is 2.41. The Hall–Kier alpha value is -1.06. The smallest absolute Gasteiger partial charge is 0.124 e. The molecule has 0 radical (unpaired) electrons. The molecule has 1 aliphatic rings. The first-order valence-corrected chi connectivity index (χ1v) is 7.28. The van der Waals surface area contributed by atoms with E-state index < -0.39 is 0 Å². The van der Waals surface area contributed by atoms with Crippen molar-refractivity contribution in [3.05, 3.63) is 29.8 Å². The summed E-state index contributed by atoms with van der Waals surface area (Å²) >= 11 is 0. The van der Waals surface area contributed by atoms with Crippen LogP contribution in [-0.2, 0) is 11.3 Å². The summed E-state index contributed by atoms with van der Waals surface area (Å²) in [4.78, 5) is 0. The number of benzene rings is 1. The summed E-state index contributed by atoms with van der Waals surface area (Å²) in [5, 5.41) is 3.47. The van der Waals surface area contributed by atoms with Crippen LogP contribution in [0.4, 0.5) is 0 Å². The molecule has 1 aromatic carbocycles. The monoisotopic (exact) mass is 263 g/mol. The Morgan fingerprint density at radius 3 is 2.95 bits per heavy atom. The van der Waals surface area contributed by atoms with Crippen LogP contribution in [0.5, 0.6) is 5.75 Å². The van der Waals surface area contributed by atoms with Gasteiger partial charge < -0.3 is 14.8 Å². The molecule has 1 fully saturated rings. The molecular weight excluding hydrogens is 238 g/mol. The molecular formula is C16H25NO2. The largest absolute Gasteiger partial charge is 0.488 e. The van der Waals surface area contributed by atoms with Gasteiger partial charge in [0, 0.05) is 18.7 Å². The predicted octanol–water partition coefficient (Wildman–Crippen LogP) is 2.99. The first kappa shape index (κ1) is 14.4. The van der Waals surface area contributed by atoms with Crippen molar-refractivity contribution < 1.29 is 9.47 Å². The van der Waals surface area contributed by atoms with Gasteiger partial charge in [-0.15, -0.1) is 0 Å². The highest BCUT2D eigenvalue weighted by molar-refractivity contribution is 5.33. The van der Waals surface area contributed by atoms with Gasteiger partial charge in [0.1, 0.15) is 11.9 Å². The second-order valence-corrected chi connectivity index (χ2v) is 5.59. The number of para-hydroxylation sites is 1. The van der Waals surface area contributed by atoms with Crippen molar-refractivity contribution in [1.82, 2.24) is 5.32 Å².